The molecule has 194 valence electrons. The van der Waals surface area contributed by atoms with Crippen LogP contribution in [-0.4, -0.2) is 6.71 Å². The van der Waals surface area contributed by atoms with Gasteiger partial charge in [-0.15, -0.1) is 0 Å². The molecule has 2 aliphatic heterocycles. The highest BCUT2D eigenvalue weighted by Crippen LogP contribution is 2.43. The van der Waals surface area contributed by atoms with Gasteiger partial charge in [0.1, 0.15) is 11.5 Å². The fourth-order valence-electron chi connectivity index (χ4n) is 6.41. The first-order valence-electron chi connectivity index (χ1n) is 14.1. The number of nitrogens with zero attached hydrogens (tertiary/aromatic N) is 2. The third-order valence-corrected chi connectivity index (χ3v) is 8.21. The average Bonchev–Trinajstić information content (AvgIpc) is 3.04. The van der Waals surface area contributed by atoms with E-state index in [1.807, 2.05) is 0 Å². The van der Waals surface area contributed by atoms with E-state index < -0.39 is 0 Å². The summed E-state index contributed by atoms with van der Waals surface area (Å²) < 4.78 is 6.86. The van der Waals surface area contributed by atoms with E-state index >= 15 is 0 Å². The van der Waals surface area contributed by atoms with Gasteiger partial charge in [-0.05, 0) is 83.5 Å². The summed E-state index contributed by atoms with van der Waals surface area (Å²) in [5.41, 5.74) is 11.6. The summed E-state index contributed by atoms with van der Waals surface area (Å²) in [7, 11) is 0. The quantitative estimate of drug-likeness (QED) is 0.217. The Morgan fingerprint density at radius 1 is 0.561 bits per heavy atom. The molecule has 0 bridgehead atoms. The Balaban J connectivity index is 1.33. The maximum atomic E-state index is 6.86. The summed E-state index contributed by atoms with van der Waals surface area (Å²) in [5.74, 6) is 1.86. The predicted octanol–water partition coefficient (Wildman–Crippen LogP) is 7.87. The zero-order valence-electron chi connectivity index (χ0n) is 22.7. The van der Waals surface area contributed by atoms with E-state index in [0.717, 1.165) is 39.8 Å². The number of para-hydroxylation sites is 4. The van der Waals surface area contributed by atoms with Gasteiger partial charge in [-0.2, -0.15) is 0 Å². The topological polar surface area (TPSA) is 15.7 Å². The number of fused-ring (bicyclic) bond motifs is 4. The molecule has 0 saturated carbocycles. The van der Waals surface area contributed by atoms with E-state index in [4.69, 9.17) is 4.74 Å². The molecule has 0 radical (unpaired) electrons. The lowest BCUT2D eigenvalue weighted by molar-refractivity contribution is 0.484. The van der Waals surface area contributed by atoms with E-state index in [1.54, 1.807) is 0 Å². The minimum atomic E-state index is 0.0794. The first kappa shape index (κ1) is 23.7. The molecule has 0 spiro atoms. The molecule has 6 aromatic rings. The van der Waals surface area contributed by atoms with Gasteiger partial charge in [0, 0.05) is 40.2 Å². The second kappa shape index (κ2) is 9.46. The van der Waals surface area contributed by atoms with Crippen LogP contribution in [0.1, 0.15) is 5.56 Å². The van der Waals surface area contributed by atoms with Gasteiger partial charge in [0.25, 0.3) is 6.71 Å². The highest BCUT2D eigenvalue weighted by atomic mass is 16.5. The van der Waals surface area contributed by atoms with Gasteiger partial charge in [-0.25, -0.2) is 0 Å². The fourth-order valence-corrected chi connectivity index (χ4v) is 6.41. The monoisotopic (exact) mass is 526 g/mol. The van der Waals surface area contributed by atoms with Crippen molar-refractivity contribution in [3.63, 3.8) is 0 Å². The highest BCUT2D eigenvalue weighted by molar-refractivity contribution is 6.99. The van der Waals surface area contributed by atoms with E-state index in [9.17, 15) is 0 Å². The first-order chi connectivity index (χ1) is 20.3. The van der Waals surface area contributed by atoms with E-state index in [0.29, 0.717) is 0 Å². The van der Waals surface area contributed by atoms with Crippen molar-refractivity contribution in [3.8, 4) is 11.5 Å². The van der Waals surface area contributed by atoms with Crippen LogP contribution in [0.3, 0.4) is 0 Å². The number of ether oxygens (including phenoxy) is 1. The number of hydrogen-bond donors (Lipinski definition) is 0. The Labute approximate surface area is 241 Å². The van der Waals surface area contributed by atoms with Gasteiger partial charge in [0.2, 0.25) is 0 Å². The van der Waals surface area contributed by atoms with Gasteiger partial charge >= 0.3 is 0 Å². The lowest BCUT2D eigenvalue weighted by Crippen LogP contribution is -2.59. The van der Waals surface area contributed by atoms with Crippen molar-refractivity contribution < 1.29 is 4.74 Å². The molecule has 0 saturated heterocycles. The zero-order valence-corrected chi connectivity index (χ0v) is 22.7. The molecular weight excluding hydrogens is 499 g/mol. The molecule has 0 aliphatic carbocycles. The van der Waals surface area contributed by atoms with Crippen molar-refractivity contribution >= 4 is 57.2 Å². The minimum Gasteiger partial charge on any atom is -0.458 e. The van der Waals surface area contributed by atoms with Gasteiger partial charge in [-0.3, -0.25) is 0 Å². The Bertz CT molecular complexity index is 1850. The standard InChI is InChI=1S/C37H27BN2O/c1-26-21-24-34-36-37(26)41-35-25-30(39(27-13-5-2-6-14-27)28-15-7-3-8-16-28)22-23-32(35)38(36)31-19-11-12-20-33(31)40(34)29-17-9-4-10-18-29/h2-25H,1H3. The number of aryl methyl sites for hydroxylation is 1. The maximum absolute atomic E-state index is 6.86. The SMILES string of the molecule is Cc1ccc2c3c1Oc1cc(N(c4ccccc4)c4ccccc4)ccc1B3c1ccccc1N2c1ccccc1. The molecule has 2 aliphatic rings. The molecule has 0 fully saturated rings. The van der Waals surface area contributed by atoms with Gasteiger partial charge in [0.05, 0.1) is 0 Å². The van der Waals surface area contributed by atoms with Crippen LogP contribution >= 0.6 is 0 Å². The van der Waals surface area contributed by atoms with Crippen LogP contribution in [0.4, 0.5) is 34.1 Å². The summed E-state index contributed by atoms with van der Waals surface area (Å²) in [6.45, 7) is 2.23. The van der Waals surface area contributed by atoms with E-state index in [-0.39, 0.29) is 6.71 Å². The Morgan fingerprint density at radius 2 is 1.20 bits per heavy atom. The normalized spacial score (nSPS) is 12.6. The van der Waals surface area contributed by atoms with Crippen LogP contribution in [0.15, 0.2) is 146 Å². The van der Waals surface area contributed by atoms with E-state index in [2.05, 4.69) is 162 Å². The van der Waals surface area contributed by atoms with Crippen LogP contribution in [-0.2, 0) is 0 Å². The molecule has 0 amide bonds. The molecule has 41 heavy (non-hydrogen) atoms. The van der Waals surface area contributed by atoms with Crippen molar-refractivity contribution in [1.29, 1.82) is 0 Å². The second-order valence-electron chi connectivity index (χ2n) is 10.6. The number of rotatable bonds is 4. The average molecular weight is 526 g/mol. The Kier molecular flexibility index (Phi) is 5.46. The zero-order chi connectivity index (χ0) is 27.3. The molecule has 6 aromatic carbocycles. The van der Waals surface area contributed by atoms with Crippen LogP contribution in [0.2, 0.25) is 0 Å². The van der Waals surface area contributed by atoms with Crippen LogP contribution in [0, 0.1) is 6.92 Å². The Hall–Kier alpha value is -5.22. The second-order valence-corrected chi connectivity index (χ2v) is 10.6. The molecule has 8 rings (SSSR count). The smallest absolute Gasteiger partial charge is 0.256 e. The molecule has 0 aromatic heterocycles. The van der Waals surface area contributed by atoms with Gasteiger partial charge in [0.15, 0.2) is 0 Å². The highest BCUT2D eigenvalue weighted by Gasteiger charge is 2.42. The van der Waals surface area contributed by atoms with Crippen LogP contribution < -0.4 is 30.9 Å². The lowest BCUT2D eigenvalue weighted by atomic mass is 9.34. The Morgan fingerprint density at radius 3 is 1.90 bits per heavy atom. The molecule has 2 heterocycles. The lowest BCUT2D eigenvalue weighted by Gasteiger charge is -2.40. The molecule has 3 nitrogen and oxygen atoms in total. The number of benzene rings is 6. The molecular formula is C37H27BN2O. The van der Waals surface area contributed by atoms with Crippen LogP contribution in [0.25, 0.3) is 0 Å². The third kappa shape index (κ3) is 3.75. The van der Waals surface area contributed by atoms with Crippen molar-refractivity contribution in [2.24, 2.45) is 0 Å². The summed E-state index contributed by atoms with van der Waals surface area (Å²) >= 11 is 0. The molecule has 0 N–H and O–H groups in total. The van der Waals surface area contributed by atoms with Crippen molar-refractivity contribution in [2.45, 2.75) is 6.92 Å². The molecule has 0 unspecified atom stereocenters. The van der Waals surface area contributed by atoms with Crippen LogP contribution in [0.5, 0.6) is 11.5 Å². The summed E-state index contributed by atoms with van der Waals surface area (Å²) in [4.78, 5) is 4.66. The van der Waals surface area contributed by atoms with Gasteiger partial charge in [-0.1, -0.05) is 84.9 Å². The minimum absolute atomic E-state index is 0.0794. The number of hydrogen-bond acceptors (Lipinski definition) is 3. The number of anilines is 6. The summed E-state index contributed by atoms with van der Waals surface area (Å²) in [6, 6.07) is 51.6. The molecule has 0 atom stereocenters. The van der Waals surface area contributed by atoms with Crippen molar-refractivity contribution in [3.05, 3.63) is 151 Å². The van der Waals surface area contributed by atoms with Crippen molar-refractivity contribution in [1.82, 2.24) is 0 Å². The summed E-state index contributed by atoms with van der Waals surface area (Å²) in [6.07, 6.45) is 0. The summed E-state index contributed by atoms with van der Waals surface area (Å²) in [5, 5.41) is 0. The molecule has 4 heteroatoms. The largest absolute Gasteiger partial charge is 0.458 e. The van der Waals surface area contributed by atoms with Crippen molar-refractivity contribution in [2.75, 3.05) is 9.80 Å². The third-order valence-electron chi connectivity index (χ3n) is 8.21. The van der Waals surface area contributed by atoms with E-state index in [1.165, 1.54) is 27.8 Å². The maximum Gasteiger partial charge on any atom is 0.256 e. The first-order valence-corrected chi connectivity index (χ1v) is 14.1. The fraction of sp³-hybridized carbons (Fsp3) is 0.0270. The van der Waals surface area contributed by atoms with Gasteiger partial charge < -0.3 is 14.5 Å². The predicted molar refractivity (Wildman–Crippen MR) is 172 cm³/mol.